The van der Waals surface area contributed by atoms with Crippen molar-refractivity contribution in [3.63, 3.8) is 0 Å². The molecule has 0 aromatic rings. The molecule has 0 radical (unpaired) electrons. The molecule has 0 amide bonds. The lowest BCUT2D eigenvalue weighted by molar-refractivity contribution is -0.133. The fraction of sp³-hybridized carbons (Fsp3) is 0.571. The van der Waals surface area contributed by atoms with E-state index < -0.39 is 17.2 Å². The number of carbonyl (C=O) groups is 2. The average molecular weight is 184 g/mol. The van der Waals surface area contributed by atoms with Gasteiger partial charge in [0.25, 0.3) is 5.78 Å². The quantitative estimate of drug-likeness (QED) is 0.186. The van der Waals surface area contributed by atoms with Crippen molar-refractivity contribution in [2.75, 3.05) is 13.2 Å². The van der Waals surface area contributed by atoms with Gasteiger partial charge in [0.1, 0.15) is 0 Å². The van der Waals surface area contributed by atoms with Crippen LogP contribution in [0.5, 0.6) is 0 Å². The average Bonchev–Trinajstić information content (AvgIpc) is 2.85. The molecule has 0 unspecified atom stereocenters. The van der Waals surface area contributed by atoms with E-state index in [4.69, 9.17) is 15.4 Å². The van der Waals surface area contributed by atoms with Gasteiger partial charge in [0.15, 0.2) is 5.78 Å². The SMILES string of the molecule is [N-]=[N+]=CC(=O)[C@]1(C(=O)CCO)CO1. The van der Waals surface area contributed by atoms with Crippen molar-refractivity contribution in [2.45, 2.75) is 12.0 Å². The number of carbonyl (C=O) groups excluding carboxylic acids is 2. The van der Waals surface area contributed by atoms with Crippen LogP contribution in [0, 0.1) is 0 Å². The first-order valence-electron chi connectivity index (χ1n) is 3.67. The first-order chi connectivity index (χ1) is 6.17. The van der Waals surface area contributed by atoms with Crippen LogP contribution in [0.4, 0.5) is 0 Å². The highest BCUT2D eigenvalue weighted by molar-refractivity contribution is 6.37. The molecular formula is C7H8N2O4. The van der Waals surface area contributed by atoms with Gasteiger partial charge < -0.3 is 15.4 Å². The van der Waals surface area contributed by atoms with Gasteiger partial charge in [-0.2, -0.15) is 4.79 Å². The van der Waals surface area contributed by atoms with Crippen molar-refractivity contribution >= 4 is 17.8 Å². The zero-order chi connectivity index (χ0) is 9.90. The molecule has 0 saturated carbocycles. The van der Waals surface area contributed by atoms with E-state index in [-0.39, 0.29) is 19.6 Å². The van der Waals surface area contributed by atoms with E-state index >= 15 is 0 Å². The van der Waals surface area contributed by atoms with Crippen molar-refractivity contribution in [1.82, 2.24) is 0 Å². The number of aliphatic hydroxyl groups excluding tert-OH is 1. The largest absolute Gasteiger partial charge is 0.396 e. The molecule has 70 valence electrons. The van der Waals surface area contributed by atoms with Crippen LogP contribution in [0.1, 0.15) is 6.42 Å². The summed E-state index contributed by atoms with van der Waals surface area (Å²) in [6, 6.07) is 0. The first-order valence-corrected chi connectivity index (χ1v) is 3.67. The van der Waals surface area contributed by atoms with Crippen LogP contribution in [-0.2, 0) is 14.3 Å². The smallest absolute Gasteiger partial charge is 0.326 e. The molecule has 1 atom stereocenters. The Labute approximate surface area is 73.7 Å². The summed E-state index contributed by atoms with van der Waals surface area (Å²) in [6.07, 6.45) is 0.493. The molecule has 0 aromatic carbocycles. The van der Waals surface area contributed by atoms with Crippen LogP contribution in [-0.4, -0.2) is 46.5 Å². The third-order valence-electron chi connectivity index (χ3n) is 1.80. The normalized spacial score (nSPS) is 24.7. The summed E-state index contributed by atoms with van der Waals surface area (Å²) in [7, 11) is 0. The summed E-state index contributed by atoms with van der Waals surface area (Å²) < 4.78 is 4.71. The van der Waals surface area contributed by atoms with Crippen molar-refractivity contribution in [2.24, 2.45) is 0 Å². The van der Waals surface area contributed by atoms with Gasteiger partial charge in [-0.1, -0.05) is 0 Å². The van der Waals surface area contributed by atoms with Gasteiger partial charge in [0.2, 0.25) is 5.60 Å². The Morgan fingerprint density at radius 3 is 2.69 bits per heavy atom. The highest BCUT2D eigenvalue weighted by Crippen LogP contribution is 2.29. The number of aliphatic hydroxyl groups is 1. The van der Waals surface area contributed by atoms with Crippen LogP contribution in [0.25, 0.3) is 5.53 Å². The molecule has 0 aliphatic carbocycles. The molecular weight excluding hydrogens is 176 g/mol. The van der Waals surface area contributed by atoms with Crippen LogP contribution >= 0.6 is 0 Å². The second-order valence-corrected chi connectivity index (χ2v) is 2.62. The molecule has 6 heteroatoms. The number of rotatable bonds is 5. The number of ether oxygens (including phenoxy) is 1. The zero-order valence-electron chi connectivity index (χ0n) is 6.77. The van der Waals surface area contributed by atoms with Crippen molar-refractivity contribution in [3.05, 3.63) is 5.53 Å². The van der Waals surface area contributed by atoms with Crippen molar-refractivity contribution < 1.29 is 24.2 Å². The molecule has 1 fully saturated rings. The number of nitrogens with zero attached hydrogens (tertiary/aromatic N) is 2. The summed E-state index contributed by atoms with van der Waals surface area (Å²) >= 11 is 0. The minimum Gasteiger partial charge on any atom is -0.396 e. The Hall–Kier alpha value is -1.36. The summed E-state index contributed by atoms with van der Waals surface area (Å²) in [5.41, 5.74) is 6.59. The van der Waals surface area contributed by atoms with Gasteiger partial charge in [0.05, 0.1) is 13.2 Å². The van der Waals surface area contributed by atoms with Crippen LogP contribution in [0.2, 0.25) is 0 Å². The molecule has 0 aromatic heterocycles. The summed E-state index contributed by atoms with van der Waals surface area (Å²) in [4.78, 5) is 24.8. The Bertz CT molecular complexity index is 289. The molecule has 1 saturated heterocycles. The van der Waals surface area contributed by atoms with E-state index in [2.05, 4.69) is 4.79 Å². The maximum absolute atomic E-state index is 11.2. The third kappa shape index (κ3) is 1.70. The van der Waals surface area contributed by atoms with E-state index in [1.165, 1.54) is 0 Å². The molecule has 0 spiro atoms. The van der Waals surface area contributed by atoms with E-state index in [9.17, 15) is 9.59 Å². The number of Topliss-reactive ketones (excluding diaryl/α,β-unsaturated/α-hetero) is 2. The number of hydrogen-bond acceptors (Lipinski definition) is 4. The Morgan fingerprint density at radius 2 is 2.31 bits per heavy atom. The standard InChI is InChI=1S/C7H8N2O4/c8-9-3-6(12)7(4-13-7)5(11)1-2-10/h3,10H,1-2,4H2/t7-/m1/s1. The molecule has 1 N–H and O–H groups in total. The highest BCUT2D eigenvalue weighted by Gasteiger charge is 2.58. The molecule has 1 aliphatic rings. The molecule has 1 rings (SSSR count). The maximum Gasteiger partial charge on any atom is 0.326 e. The topological polar surface area (TPSA) is 103 Å². The fourth-order valence-electron chi connectivity index (χ4n) is 0.973. The lowest BCUT2D eigenvalue weighted by Crippen LogP contribution is -2.35. The van der Waals surface area contributed by atoms with Gasteiger partial charge in [-0.25, -0.2) is 0 Å². The lowest BCUT2D eigenvalue weighted by Gasteiger charge is -2.01. The Balaban J connectivity index is 2.71. The minimum absolute atomic E-state index is 0.00329. The molecule has 6 nitrogen and oxygen atoms in total. The van der Waals surface area contributed by atoms with Gasteiger partial charge in [-0.15, -0.1) is 0 Å². The van der Waals surface area contributed by atoms with E-state index in [1.54, 1.807) is 0 Å². The van der Waals surface area contributed by atoms with Crippen LogP contribution < -0.4 is 0 Å². The second kappa shape index (κ2) is 3.57. The Kier molecular flexibility index (Phi) is 2.67. The van der Waals surface area contributed by atoms with Gasteiger partial charge in [-0.3, -0.25) is 9.59 Å². The zero-order valence-corrected chi connectivity index (χ0v) is 6.77. The number of ketones is 2. The first kappa shape index (κ1) is 9.73. The van der Waals surface area contributed by atoms with Crippen LogP contribution in [0.15, 0.2) is 0 Å². The summed E-state index contributed by atoms with van der Waals surface area (Å²) in [5, 5.41) is 8.47. The monoisotopic (exact) mass is 184 g/mol. The van der Waals surface area contributed by atoms with Crippen molar-refractivity contribution in [3.8, 4) is 0 Å². The predicted octanol–water partition coefficient (Wildman–Crippen LogP) is -1.42. The number of epoxide rings is 1. The van der Waals surface area contributed by atoms with Crippen LogP contribution in [0.3, 0.4) is 0 Å². The molecule has 0 bridgehead atoms. The third-order valence-corrected chi connectivity index (χ3v) is 1.80. The molecule has 1 heterocycles. The van der Waals surface area contributed by atoms with Gasteiger partial charge >= 0.3 is 6.21 Å². The lowest BCUT2D eigenvalue weighted by atomic mass is 9.98. The fourth-order valence-corrected chi connectivity index (χ4v) is 0.973. The van der Waals surface area contributed by atoms with E-state index in [1.807, 2.05) is 0 Å². The molecule has 1 aliphatic heterocycles. The van der Waals surface area contributed by atoms with Gasteiger partial charge in [-0.05, 0) is 0 Å². The second-order valence-electron chi connectivity index (χ2n) is 2.62. The highest BCUT2D eigenvalue weighted by atomic mass is 16.6. The minimum atomic E-state index is -1.48. The van der Waals surface area contributed by atoms with Crippen molar-refractivity contribution in [1.29, 1.82) is 0 Å². The summed E-state index contributed by atoms with van der Waals surface area (Å²) in [5.74, 6) is -1.17. The van der Waals surface area contributed by atoms with Gasteiger partial charge in [0, 0.05) is 6.42 Å². The molecule has 13 heavy (non-hydrogen) atoms. The maximum atomic E-state index is 11.2. The summed E-state index contributed by atoms with van der Waals surface area (Å²) in [6.45, 7) is -0.329. The predicted molar refractivity (Wildman–Crippen MR) is 40.1 cm³/mol. The Morgan fingerprint density at radius 1 is 1.69 bits per heavy atom. The van der Waals surface area contributed by atoms with E-state index in [0.29, 0.717) is 6.21 Å². The van der Waals surface area contributed by atoms with E-state index in [0.717, 1.165) is 0 Å². The number of hydrogen-bond donors (Lipinski definition) is 1.